The number of hydrogen-bond donors (Lipinski definition) is 2. The van der Waals surface area contributed by atoms with Crippen molar-refractivity contribution >= 4 is 21.6 Å². The highest BCUT2D eigenvalue weighted by atomic mass is 35.5. The van der Waals surface area contributed by atoms with Gasteiger partial charge in [-0.1, -0.05) is 18.0 Å². The molecule has 1 aliphatic heterocycles. The molecule has 106 valence electrons. The molecule has 2 rings (SSSR count). The number of halogens is 2. The number of rotatable bonds is 4. The standard InChI is InChI=1S/C12H16ClFN2O2S/c13-11-7-10(4-5-12(11)14)19(17,18)16-8-9-3-1-2-6-15-9/h4-5,7,9,15-16H,1-3,6,8H2. The first kappa shape index (κ1) is 14.7. The minimum atomic E-state index is -3.64. The smallest absolute Gasteiger partial charge is 0.240 e. The topological polar surface area (TPSA) is 58.2 Å². The maximum Gasteiger partial charge on any atom is 0.240 e. The van der Waals surface area contributed by atoms with E-state index >= 15 is 0 Å². The van der Waals surface area contributed by atoms with Gasteiger partial charge < -0.3 is 5.32 Å². The molecule has 1 saturated heterocycles. The summed E-state index contributed by atoms with van der Waals surface area (Å²) in [5.41, 5.74) is 0. The first-order valence-corrected chi connectivity index (χ1v) is 8.03. The molecule has 1 unspecified atom stereocenters. The van der Waals surface area contributed by atoms with Crippen molar-refractivity contribution in [3.63, 3.8) is 0 Å². The Labute approximate surface area is 117 Å². The van der Waals surface area contributed by atoms with E-state index in [1.807, 2.05) is 0 Å². The highest BCUT2D eigenvalue weighted by molar-refractivity contribution is 7.89. The summed E-state index contributed by atoms with van der Waals surface area (Å²) in [6, 6.07) is 3.53. The normalized spacial score (nSPS) is 20.4. The summed E-state index contributed by atoms with van der Waals surface area (Å²) >= 11 is 5.59. The molecule has 7 heteroatoms. The van der Waals surface area contributed by atoms with Gasteiger partial charge >= 0.3 is 0 Å². The highest BCUT2D eigenvalue weighted by Gasteiger charge is 2.19. The maximum atomic E-state index is 13.0. The van der Waals surface area contributed by atoms with Crippen LogP contribution in [-0.4, -0.2) is 27.5 Å². The second-order valence-corrected chi connectivity index (χ2v) is 6.75. The fourth-order valence-corrected chi connectivity index (χ4v) is 3.39. The van der Waals surface area contributed by atoms with E-state index in [4.69, 9.17) is 11.6 Å². The Hall–Kier alpha value is -0.690. The zero-order valence-corrected chi connectivity index (χ0v) is 11.9. The van der Waals surface area contributed by atoms with Gasteiger partial charge in [0.05, 0.1) is 9.92 Å². The lowest BCUT2D eigenvalue weighted by Crippen LogP contribution is -2.43. The Morgan fingerprint density at radius 1 is 1.42 bits per heavy atom. The molecule has 4 nitrogen and oxygen atoms in total. The monoisotopic (exact) mass is 306 g/mol. The van der Waals surface area contributed by atoms with Crippen molar-refractivity contribution in [2.45, 2.75) is 30.2 Å². The molecule has 0 saturated carbocycles. The fraction of sp³-hybridized carbons (Fsp3) is 0.500. The SMILES string of the molecule is O=S(=O)(NCC1CCCCN1)c1ccc(F)c(Cl)c1. The Balaban J connectivity index is 2.02. The quantitative estimate of drug-likeness (QED) is 0.893. The van der Waals surface area contributed by atoms with Crippen LogP contribution in [0.3, 0.4) is 0 Å². The van der Waals surface area contributed by atoms with E-state index in [0.717, 1.165) is 37.9 Å². The van der Waals surface area contributed by atoms with Crippen LogP contribution in [-0.2, 0) is 10.0 Å². The van der Waals surface area contributed by atoms with E-state index in [1.165, 1.54) is 6.07 Å². The Morgan fingerprint density at radius 3 is 2.84 bits per heavy atom. The molecule has 0 aliphatic carbocycles. The minimum absolute atomic E-state index is 0.0188. The molecule has 1 aromatic rings. The van der Waals surface area contributed by atoms with E-state index in [-0.39, 0.29) is 16.0 Å². The van der Waals surface area contributed by atoms with Gasteiger partial charge in [0, 0.05) is 12.6 Å². The number of benzene rings is 1. The number of hydrogen-bond acceptors (Lipinski definition) is 3. The van der Waals surface area contributed by atoms with Crippen molar-refractivity contribution in [2.24, 2.45) is 0 Å². The lowest BCUT2D eigenvalue weighted by molar-refractivity contribution is 0.398. The Bertz CT molecular complexity index is 545. The van der Waals surface area contributed by atoms with Crippen LogP contribution in [0.5, 0.6) is 0 Å². The summed E-state index contributed by atoms with van der Waals surface area (Å²) in [4.78, 5) is -0.0188. The summed E-state index contributed by atoms with van der Waals surface area (Å²) in [6.07, 6.45) is 3.17. The van der Waals surface area contributed by atoms with Crippen LogP contribution >= 0.6 is 11.6 Å². The van der Waals surface area contributed by atoms with Gasteiger partial charge in [-0.05, 0) is 37.6 Å². The minimum Gasteiger partial charge on any atom is -0.313 e. The molecule has 19 heavy (non-hydrogen) atoms. The van der Waals surface area contributed by atoms with Crippen LogP contribution < -0.4 is 10.0 Å². The number of sulfonamides is 1. The Kier molecular flexibility index (Phi) is 4.78. The lowest BCUT2D eigenvalue weighted by atomic mass is 10.1. The van der Waals surface area contributed by atoms with Crippen molar-refractivity contribution in [1.82, 2.24) is 10.0 Å². The summed E-state index contributed by atoms with van der Waals surface area (Å²) in [5.74, 6) is -0.630. The van der Waals surface area contributed by atoms with Gasteiger partial charge in [0.15, 0.2) is 0 Å². The zero-order chi connectivity index (χ0) is 13.9. The molecular formula is C12H16ClFN2O2S. The number of nitrogens with one attached hydrogen (secondary N) is 2. The predicted molar refractivity (Wildman–Crippen MR) is 72.2 cm³/mol. The van der Waals surface area contributed by atoms with Crippen molar-refractivity contribution < 1.29 is 12.8 Å². The molecule has 1 heterocycles. The zero-order valence-electron chi connectivity index (χ0n) is 10.3. The van der Waals surface area contributed by atoms with Crippen LogP contribution in [0, 0.1) is 5.82 Å². The van der Waals surface area contributed by atoms with E-state index in [2.05, 4.69) is 10.0 Å². The van der Waals surface area contributed by atoms with Gasteiger partial charge in [-0.25, -0.2) is 17.5 Å². The van der Waals surface area contributed by atoms with Crippen LogP contribution in [0.1, 0.15) is 19.3 Å². The van der Waals surface area contributed by atoms with Gasteiger partial charge in [0.1, 0.15) is 5.82 Å². The molecular weight excluding hydrogens is 291 g/mol. The molecule has 1 aliphatic rings. The summed E-state index contributed by atoms with van der Waals surface area (Å²) in [5, 5.41) is 3.05. The second kappa shape index (κ2) is 6.17. The van der Waals surface area contributed by atoms with Crippen molar-refractivity contribution in [3.05, 3.63) is 29.0 Å². The molecule has 1 aromatic carbocycles. The van der Waals surface area contributed by atoms with Gasteiger partial charge in [0.25, 0.3) is 0 Å². The Morgan fingerprint density at radius 2 is 2.21 bits per heavy atom. The van der Waals surface area contributed by atoms with Gasteiger partial charge in [-0.15, -0.1) is 0 Å². The number of piperidine rings is 1. The lowest BCUT2D eigenvalue weighted by Gasteiger charge is -2.23. The average Bonchev–Trinajstić information content (AvgIpc) is 2.41. The van der Waals surface area contributed by atoms with Crippen LogP contribution in [0.25, 0.3) is 0 Å². The van der Waals surface area contributed by atoms with Crippen molar-refractivity contribution in [3.8, 4) is 0 Å². The largest absolute Gasteiger partial charge is 0.313 e. The van der Waals surface area contributed by atoms with Crippen molar-refractivity contribution in [2.75, 3.05) is 13.1 Å². The van der Waals surface area contributed by atoms with E-state index in [0.29, 0.717) is 6.54 Å². The molecule has 0 aromatic heterocycles. The third kappa shape index (κ3) is 3.89. The van der Waals surface area contributed by atoms with Crippen molar-refractivity contribution in [1.29, 1.82) is 0 Å². The van der Waals surface area contributed by atoms with E-state index < -0.39 is 15.8 Å². The summed E-state index contributed by atoms with van der Waals surface area (Å²) in [7, 11) is -3.64. The molecule has 0 bridgehead atoms. The summed E-state index contributed by atoms with van der Waals surface area (Å²) in [6.45, 7) is 1.24. The van der Waals surface area contributed by atoms with Gasteiger partial charge in [-0.2, -0.15) is 0 Å². The van der Waals surface area contributed by atoms with E-state index in [1.54, 1.807) is 0 Å². The van der Waals surface area contributed by atoms with Crippen LogP contribution in [0.15, 0.2) is 23.1 Å². The van der Waals surface area contributed by atoms with Crippen LogP contribution in [0.2, 0.25) is 5.02 Å². The molecule has 2 N–H and O–H groups in total. The highest BCUT2D eigenvalue weighted by Crippen LogP contribution is 2.19. The molecule has 0 spiro atoms. The average molecular weight is 307 g/mol. The predicted octanol–water partition coefficient (Wildman–Crippen LogP) is 1.90. The third-order valence-electron chi connectivity index (χ3n) is 3.13. The van der Waals surface area contributed by atoms with Gasteiger partial charge in [0.2, 0.25) is 10.0 Å². The molecule has 0 amide bonds. The van der Waals surface area contributed by atoms with Gasteiger partial charge in [-0.3, -0.25) is 0 Å². The first-order valence-electron chi connectivity index (χ1n) is 6.17. The van der Waals surface area contributed by atoms with E-state index in [9.17, 15) is 12.8 Å². The second-order valence-electron chi connectivity index (χ2n) is 4.57. The maximum absolute atomic E-state index is 13.0. The fourth-order valence-electron chi connectivity index (χ4n) is 2.04. The first-order chi connectivity index (χ1) is 8.99. The summed E-state index contributed by atoms with van der Waals surface area (Å²) < 4.78 is 39.6. The third-order valence-corrected chi connectivity index (χ3v) is 4.84. The van der Waals surface area contributed by atoms with Crippen LogP contribution in [0.4, 0.5) is 4.39 Å². The molecule has 1 fully saturated rings. The molecule has 1 atom stereocenters. The molecule has 0 radical (unpaired) electrons.